The Labute approximate surface area is 175 Å². The third kappa shape index (κ3) is 3.00. The second kappa shape index (κ2) is 7.01. The minimum absolute atomic E-state index is 0.0808. The topological polar surface area (TPSA) is 68.5 Å². The Hall–Kier alpha value is -3.08. The monoisotopic (exact) mass is 403 g/mol. The number of aryl methyl sites for hydroxylation is 1. The molecule has 2 aliphatic rings. The summed E-state index contributed by atoms with van der Waals surface area (Å²) >= 11 is 0. The molecule has 3 aromatic rings. The van der Waals surface area contributed by atoms with Gasteiger partial charge >= 0.3 is 0 Å². The zero-order valence-electron chi connectivity index (χ0n) is 17.3. The average molecular weight is 403 g/mol. The van der Waals surface area contributed by atoms with Gasteiger partial charge in [-0.2, -0.15) is 0 Å². The van der Waals surface area contributed by atoms with E-state index in [2.05, 4.69) is 5.32 Å². The number of amides is 1. The van der Waals surface area contributed by atoms with Gasteiger partial charge in [0.05, 0.1) is 18.0 Å². The third-order valence-electron chi connectivity index (χ3n) is 6.51. The molecule has 2 heterocycles. The van der Waals surface area contributed by atoms with Gasteiger partial charge in [0.25, 0.3) is 5.91 Å². The van der Waals surface area contributed by atoms with Crippen molar-refractivity contribution >= 4 is 22.7 Å². The highest BCUT2D eigenvalue weighted by Crippen LogP contribution is 2.46. The van der Waals surface area contributed by atoms with Gasteiger partial charge in [0.2, 0.25) is 0 Å². The fraction of sp³-hybridized carbons (Fsp3) is 0.360. The van der Waals surface area contributed by atoms with Gasteiger partial charge < -0.3 is 14.5 Å². The Balaban J connectivity index is 1.50. The van der Waals surface area contributed by atoms with Crippen molar-refractivity contribution in [3.8, 4) is 5.75 Å². The molecule has 0 radical (unpaired) electrons. The lowest BCUT2D eigenvalue weighted by Gasteiger charge is -2.34. The summed E-state index contributed by atoms with van der Waals surface area (Å²) in [6, 6.07) is 13.2. The SMILES string of the molecule is Cc1c(C(=O)N[C@H](C)c2ccccc2)oc2ccc3c(c12)C(=O)CC1(CCCC1)O3. The normalized spacial score (nSPS) is 18.3. The molecule has 0 bridgehead atoms. The summed E-state index contributed by atoms with van der Waals surface area (Å²) in [6.07, 6.45) is 4.44. The summed E-state index contributed by atoms with van der Waals surface area (Å²) in [4.78, 5) is 26.1. The molecule has 5 nitrogen and oxygen atoms in total. The molecule has 1 fully saturated rings. The Bertz CT molecular complexity index is 1140. The Morgan fingerprint density at radius 2 is 1.83 bits per heavy atom. The number of rotatable bonds is 3. The number of hydrogen-bond acceptors (Lipinski definition) is 4. The highest BCUT2D eigenvalue weighted by molar-refractivity contribution is 6.13. The van der Waals surface area contributed by atoms with E-state index in [0.717, 1.165) is 31.2 Å². The van der Waals surface area contributed by atoms with Crippen molar-refractivity contribution in [1.82, 2.24) is 5.32 Å². The molecule has 0 saturated heterocycles. The van der Waals surface area contributed by atoms with Crippen molar-refractivity contribution in [2.75, 3.05) is 0 Å². The lowest BCUT2D eigenvalue weighted by atomic mass is 9.87. The Morgan fingerprint density at radius 3 is 2.57 bits per heavy atom. The van der Waals surface area contributed by atoms with Crippen LogP contribution in [0, 0.1) is 6.92 Å². The van der Waals surface area contributed by atoms with Gasteiger partial charge in [-0.15, -0.1) is 0 Å². The molecule has 1 spiro atoms. The van der Waals surface area contributed by atoms with Gasteiger partial charge in [0.15, 0.2) is 11.5 Å². The zero-order valence-corrected chi connectivity index (χ0v) is 17.3. The van der Waals surface area contributed by atoms with E-state index in [0.29, 0.717) is 34.3 Å². The number of Topliss-reactive ketones (excluding diaryl/α,β-unsaturated/α-hetero) is 1. The summed E-state index contributed by atoms with van der Waals surface area (Å²) in [5, 5.41) is 3.69. The minimum Gasteiger partial charge on any atom is -0.486 e. The third-order valence-corrected chi connectivity index (χ3v) is 6.51. The molecule has 1 N–H and O–H groups in total. The summed E-state index contributed by atoms with van der Waals surface area (Å²) in [5.41, 5.74) is 2.45. The molecule has 5 rings (SSSR count). The molecule has 1 saturated carbocycles. The van der Waals surface area contributed by atoms with Crippen LogP contribution in [-0.4, -0.2) is 17.3 Å². The molecule has 154 valence electrons. The van der Waals surface area contributed by atoms with Crippen LogP contribution in [0.3, 0.4) is 0 Å². The molecule has 30 heavy (non-hydrogen) atoms. The predicted molar refractivity (Wildman–Crippen MR) is 114 cm³/mol. The summed E-state index contributed by atoms with van der Waals surface area (Å²) < 4.78 is 12.3. The fourth-order valence-corrected chi connectivity index (χ4v) is 4.94. The van der Waals surface area contributed by atoms with Gasteiger partial charge in [-0.25, -0.2) is 0 Å². The predicted octanol–water partition coefficient (Wildman–Crippen LogP) is 5.51. The van der Waals surface area contributed by atoms with Crippen molar-refractivity contribution in [1.29, 1.82) is 0 Å². The van der Waals surface area contributed by atoms with Crippen molar-refractivity contribution in [2.45, 2.75) is 57.6 Å². The van der Waals surface area contributed by atoms with Crippen LogP contribution in [-0.2, 0) is 0 Å². The molecule has 1 aromatic heterocycles. The van der Waals surface area contributed by atoms with Crippen LogP contribution in [0.4, 0.5) is 0 Å². The molecule has 1 aliphatic heterocycles. The van der Waals surface area contributed by atoms with Gasteiger partial charge in [0, 0.05) is 10.9 Å². The molecule has 5 heteroatoms. The lowest BCUT2D eigenvalue weighted by molar-refractivity contribution is 0.0454. The van der Waals surface area contributed by atoms with Crippen molar-refractivity contribution < 1.29 is 18.7 Å². The summed E-state index contributed by atoms with van der Waals surface area (Å²) in [5.74, 6) is 0.659. The molecule has 1 amide bonds. The van der Waals surface area contributed by atoms with Crippen molar-refractivity contribution in [2.24, 2.45) is 0 Å². The van der Waals surface area contributed by atoms with E-state index in [1.54, 1.807) is 6.07 Å². The van der Waals surface area contributed by atoms with Crippen LogP contribution in [0.25, 0.3) is 11.0 Å². The van der Waals surface area contributed by atoms with E-state index in [1.807, 2.05) is 50.2 Å². The second-order valence-corrected chi connectivity index (χ2v) is 8.57. The zero-order chi connectivity index (χ0) is 20.9. The van der Waals surface area contributed by atoms with Gasteiger partial charge in [-0.05, 0) is 57.2 Å². The fourth-order valence-electron chi connectivity index (χ4n) is 4.94. The number of nitrogens with one attached hydrogen (secondary N) is 1. The maximum atomic E-state index is 13.1. The van der Waals surface area contributed by atoms with Crippen molar-refractivity contribution in [3.63, 3.8) is 0 Å². The van der Waals surface area contributed by atoms with E-state index in [4.69, 9.17) is 9.15 Å². The van der Waals surface area contributed by atoms with E-state index < -0.39 is 0 Å². The first-order valence-corrected chi connectivity index (χ1v) is 10.6. The number of carbonyl (C=O) groups excluding carboxylic acids is 2. The molecule has 1 atom stereocenters. The molecular weight excluding hydrogens is 378 g/mol. The van der Waals surface area contributed by atoms with Crippen LogP contribution in [0.2, 0.25) is 0 Å². The smallest absolute Gasteiger partial charge is 0.287 e. The first kappa shape index (κ1) is 18.9. The van der Waals surface area contributed by atoms with E-state index in [-0.39, 0.29) is 29.1 Å². The maximum Gasteiger partial charge on any atom is 0.287 e. The second-order valence-electron chi connectivity index (χ2n) is 8.57. The number of benzene rings is 2. The molecule has 2 aromatic carbocycles. The maximum absolute atomic E-state index is 13.1. The average Bonchev–Trinajstić information content (AvgIpc) is 3.32. The Kier molecular flexibility index (Phi) is 4.42. The number of carbonyl (C=O) groups is 2. The minimum atomic E-state index is -0.347. The van der Waals surface area contributed by atoms with Gasteiger partial charge in [0.1, 0.15) is 16.9 Å². The lowest BCUT2D eigenvalue weighted by Crippen LogP contribution is -2.39. The number of ether oxygens (including phenoxy) is 1. The van der Waals surface area contributed by atoms with Gasteiger partial charge in [-0.3, -0.25) is 9.59 Å². The molecule has 1 aliphatic carbocycles. The number of ketones is 1. The highest BCUT2D eigenvalue weighted by atomic mass is 16.5. The van der Waals surface area contributed by atoms with E-state index >= 15 is 0 Å². The number of fused-ring (bicyclic) bond motifs is 3. The van der Waals surface area contributed by atoms with Crippen LogP contribution < -0.4 is 10.1 Å². The van der Waals surface area contributed by atoms with Crippen LogP contribution in [0.15, 0.2) is 46.9 Å². The summed E-state index contributed by atoms with van der Waals surface area (Å²) in [7, 11) is 0. The number of hydrogen-bond donors (Lipinski definition) is 1. The van der Waals surface area contributed by atoms with E-state index in [1.165, 1.54) is 0 Å². The first-order chi connectivity index (χ1) is 14.5. The molecule has 0 unspecified atom stereocenters. The Morgan fingerprint density at radius 1 is 1.10 bits per heavy atom. The van der Waals surface area contributed by atoms with Crippen LogP contribution >= 0.6 is 0 Å². The molecular formula is C25H25NO4. The van der Waals surface area contributed by atoms with E-state index in [9.17, 15) is 9.59 Å². The highest BCUT2D eigenvalue weighted by Gasteiger charge is 2.43. The first-order valence-electron chi connectivity index (χ1n) is 10.6. The standard InChI is InChI=1S/C25H25NO4/c1-15-21-19(29-23(15)24(28)26-16(2)17-8-4-3-5-9-17)10-11-20-22(21)18(27)14-25(30-20)12-6-7-13-25/h3-5,8-11,16H,6-7,12-14H2,1-2H3,(H,26,28)/t16-/m1/s1. The van der Waals surface area contributed by atoms with Crippen molar-refractivity contribution in [3.05, 3.63) is 64.9 Å². The largest absolute Gasteiger partial charge is 0.486 e. The van der Waals surface area contributed by atoms with Gasteiger partial charge in [-0.1, -0.05) is 30.3 Å². The quantitative estimate of drug-likeness (QED) is 0.626. The van der Waals surface area contributed by atoms with Crippen LogP contribution in [0.5, 0.6) is 5.75 Å². The van der Waals surface area contributed by atoms with Crippen LogP contribution in [0.1, 0.15) is 77.1 Å². The summed E-state index contributed by atoms with van der Waals surface area (Å²) in [6.45, 7) is 3.77. The number of furan rings is 1.